The van der Waals surface area contributed by atoms with E-state index >= 15 is 0 Å². The number of hydrazone groups is 1. The van der Waals surface area contributed by atoms with Crippen LogP contribution in [0.1, 0.15) is 43.0 Å². The van der Waals surface area contributed by atoms with Crippen LogP contribution in [-0.2, 0) is 14.8 Å². The zero-order valence-electron chi connectivity index (χ0n) is 15.0. The number of nitrogens with zero attached hydrogens (tertiary/aromatic N) is 2. The summed E-state index contributed by atoms with van der Waals surface area (Å²) in [7, 11) is -3.62. The summed E-state index contributed by atoms with van der Waals surface area (Å²) >= 11 is 0. The van der Waals surface area contributed by atoms with Crippen LogP contribution in [0.2, 0.25) is 0 Å². The molecule has 0 spiro atoms. The summed E-state index contributed by atoms with van der Waals surface area (Å²) < 4.78 is 32.0. The molecule has 1 saturated heterocycles. The SMILES string of the molecule is C[C@@H]1CCCC/C1=N/NC(=O)c1cccc(S(=O)(=O)N2CCOCC2)c1. The number of hydrogen-bond donors (Lipinski definition) is 1. The molecule has 2 aliphatic rings. The third kappa shape index (κ3) is 4.31. The molecule has 1 aliphatic carbocycles. The third-order valence-electron chi connectivity index (χ3n) is 4.89. The summed E-state index contributed by atoms with van der Waals surface area (Å²) in [6.45, 7) is 3.53. The average Bonchev–Trinajstić information content (AvgIpc) is 2.68. The topological polar surface area (TPSA) is 88.1 Å². The van der Waals surface area contributed by atoms with Gasteiger partial charge in [-0.1, -0.05) is 19.4 Å². The second-order valence-corrected chi connectivity index (χ2v) is 8.67. The van der Waals surface area contributed by atoms with Crippen LogP contribution >= 0.6 is 0 Å². The van der Waals surface area contributed by atoms with Gasteiger partial charge in [-0.2, -0.15) is 9.41 Å². The van der Waals surface area contributed by atoms with Crippen LogP contribution in [-0.4, -0.2) is 50.6 Å². The smallest absolute Gasteiger partial charge is 0.271 e. The van der Waals surface area contributed by atoms with Crippen molar-refractivity contribution in [1.82, 2.24) is 9.73 Å². The van der Waals surface area contributed by atoms with Crippen molar-refractivity contribution in [3.05, 3.63) is 29.8 Å². The minimum absolute atomic E-state index is 0.116. The maximum Gasteiger partial charge on any atom is 0.271 e. The lowest BCUT2D eigenvalue weighted by molar-refractivity contribution is 0.0730. The summed E-state index contributed by atoms with van der Waals surface area (Å²) in [6, 6.07) is 6.10. The summed E-state index contributed by atoms with van der Waals surface area (Å²) in [6.07, 6.45) is 4.26. The Morgan fingerprint density at radius 3 is 2.77 bits per heavy atom. The van der Waals surface area contributed by atoms with Crippen molar-refractivity contribution >= 4 is 21.6 Å². The summed E-state index contributed by atoms with van der Waals surface area (Å²) in [5.74, 6) is -0.0219. The molecular formula is C18H25N3O4S. The molecule has 1 aromatic rings. The van der Waals surface area contributed by atoms with Crippen LogP contribution in [0.15, 0.2) is 34.3 Å². The molecule has 3 rings (SSSR count). The van der Waals surface area contributed by atoms with E-state index in [-0.39, 0.29) is 10.5 Å². The van der Waals surface area contributed by atoms with Gasteiger partial charge in [-0.15, -0.1) is 0 Å². The average molecular weight is 379 g/mol. The van der Waals surface area contributed by atoms with E-state index in [4.69, 9.17) is 4.74 Å². The zero-order chi connectivity index (χ0) is 18.6. The molecule has 142 valence electrons. The Hall–Kier alpha value is -1.77. The fraction of sp³-hybridized carbons (Fsp3) is 0.556. The Balaban J connectivity index is 1.74. The van der Waals surface area contributed by atoms with Crippen molar-refractivity contribution < 1.29 is 17.9 Å². The highest BCUT2D eigenvalue weighted by molar-refractivity contribution is 7.89. The van der Waals surface area contributed by atoms with E-state index in [0.29, 0.717) is 32.2 Å². The van der Waals surface area contributed by atoms with E-state index in [2.05, 4.69) is 17.5 Å². The lowest BCUT2D eigenvalue weighted by atomic mass is 9.89. The summed E-state index contributed by atoms with van der Waals surface area (Å²) in [4.78, 5) is 12.5. The van der Waals surface area contributed by atoms with Gasteiger partial charge in [-0.25, -0.2) is 13.8 Å². The maximum atomic E-state index is 12.7. The standard InChI is InChI=1S/C18H25N3O4S/c1-14-5-2-3-8-17(14)19-20-18(22)15-6-4-7-16(13-15)26(23,24)21-9-11-25-12-10-21/h4,6-7,13-14H,2-3,5,8-12H2,1H3,(H,20,22)/b19-17-/t14-/m1/s1. The predicted molar refractivity (Wildman–Crippen MR) is 98.6 cm³/mol. The van der Waals surface area contributed by atoms with E-state index in [1.165, 1.54) is 22.9 Å². The number of benzene rings is 1. The Morgan fingerprint density at radius 1 is 1.27 bits per heavy atom. The molecule has 26 heavy (non-hydrogen) atoms. The van der Waals surface area contributed by atoms with E-state index in [1.54, 1.807) is 12.1 Å². The highest BCUT2D eigenvalue weighted by atomic mass is 32.2. The second kappa shape index (κ2) is 8.28. The molecule has 1 N–H and O–H groups in total. The molecule has 1 saturated carbocycles. The van der Waals surface area contributed by atoms with Gasteiger partial charge in [0.05, 0.1) is 18.1 Å². The van der Waals surface area contributed by atoms with E-state index in [0.717, 1.165) is 25.0 Å². The second-order valence-electron chi connectivity index (χ2n) is 6.74. The van der Waals surface area contributed by atoms with E-state index < -0.39 is 15.9 Å². The number of nitrogens with one attached hydrogen (secondary N) is 1. The first-order valence-corrected chi connectivity index (χ1v) is 10.5. The van der Waals surface area contributed by atoms with Gasteiger partial charge in [-0.3, -0.25) is 4.79 Å². The van der Waals surface area contributed by atoms with E-state index in [1.807, 2.05) is 0 Å². The van der Waals surface area contributed by atoms with Gasteiger partial charge in [0.15, 0.2) is 0 Å². The molecule has 2 fully saturated rings. The lowest BCUT2D eigenvalue weighted by Crippen LogP contribution is -2.40. The van der Waals surface area contributed by atoms with Crippen molar-refractivity contribution in [2.45, 2.75) is 37.5 Å². The molecular weight excluding hydrogens is 354 g/mol. The Bertz CT molecular complexity index is 785. The van der Waals surface area contributed by atoms with E-state index in [9.17, 15) is 13.2 Å². The van der Waals surface area contributed by atoms with Crippen molar-refractivity contribution in [3.63, 3.8) is 0 Å². The molecule has 0 unspecified atom stereocenters. The lowest BCUT2D eigenvalue weighted by Gasteiger charge is -2.26. The molecule has 7 nitrogen and oxygen atoms in total. The van der Waals surface area contributed by atoms with Gasteiger partial charge in [0.25, 0.3) is 5.91 Å². The van der Waals surface area contributed by atoms with Crippen LogP contribution in [0.3, 0.4) is 0 Å². The fourth-order valence-electron chi connectivity index (χ4n) is 3.26. The quantitative estimate of drug-likeness (QED) is 0.811. The number of rotatable bonds is 4. The normalized spacial score (nSPS) is 23.7. The van der Waals surface area contributed by atoms with Gasteiger partial charge in [0.2, 0.25) is 10.0 Å². The molecule has 8 heteroatoms. The van der Waals surface area contributed by atoms with Crippen LogP contribution in [0, 0.1) is 5.92 Å². The van der Waals surface area contributed by atoms with Crippen LogP contribution in [0.4, 0.5) is 0 Å². The maximum absolute atomic E-state index is 12.7. The van der Waals surface area contributed by atoms with Gasteiger partial charge >= 0.3 is 0 Å². The molecule has 1 amide bonds. The third-order valence-corrected chi connectivity index (χ3v) is 6.79. The zero-order valence-corrected chi connectivity index (χ0v) is 15.8. The molecule has 0 aromatic heterocycles. The highest BCUT2D eigenvalue weighted by Crippen LogP contribution is 2.21. The molecule has 1 aliphatic heterocycles. The minimum Gasteiger partial charge on any atom is -0.379 e. The minimum atomic E-state index is -3.62. The Labute approximate surface area is 154 Å². The monoisotopic (exact) mass is 379 g/mol. The number of carbonyl (C=O) groups is 1. The van der Waals surface area contributed by atoms with Crippen molar-refractivity contribution in [2.75, 3.05) is 26.3 Å². The number of carbonyl (C=O) groups excluding carboxylic acids is 1. The van der Waals surface area contributed by atoms with Gasteiger partial charge in [0, 0.05) is 24.4 Å². The van der Waals surface area contributed by atoms with Crippen LogP contribution in [0.25, 0.3) is 0 Å². The first-order valence-electron chi connectivity index (χ1n) is 9.03. The first kappa shape index (κ1) is 19.0. The number of sulfonamides is 1. The van der Waals surface area contributed by atoms with Crippen molar-refractivity contribution in [3.8, 4) is 0 Å². The summed E-state index contributed by atoms with van der Waals surface area (Å²) in [5.41, 5.74) is 3.86. The molecule has 1 aromatic carbocycles. The number of hydrogen-bond acceptors (Lipinski definition) is 5. The Morgan fingerprint density at radius 2 is 2.04 bits per heavy atom. The van der Waals surface area contributed by atoms with Gasteiger partial charge in [-0.05, 0) is 43.4 Å². The number of morpholine rings is 1. The number of ether oxygens (including phenoxy) is 1. The fourth-order valence-corrected chi connectivity index (χ4v) is 4.71. The van der Waals surface area contributed by atoms with Crippen LogP contribution < -0.4 is 5.43 Å². The summed E-state index contributed by atoms with van der Waals surface area (Å²) in [5, 5.41) is 4.26. The van der Waals surface area contributed by atoms with Crippen LogP contribution in [0.5, 0.6) is 0 Å². The predicted octanol–water partition coefficient (Wildman–Crippen LogP) is 2.00. The van der Waals surface area contributed by atoms with Crippen molar-refractivity contribution in [2.24, 2.45) is 11.0 Å². The Kier molecular flexibility index (Phi) is 6.05. The van der Waals surface area contributed by atoms with Gasteiger partial charge < -0.3 is 4.74 Å². The van der Waals surface area contributed by atoms with Gasteiger partial charge in [0.1, 0.15) is 0 Å². The molecule has 1 heterocycles. The molecule has 0 bridgehead atoms. The largest absolute Gasteiger partial charge is 0.379 e. The molecule has 0 radical (unpaired) electrons. The number of amides is 1. The highest BCUT2D eigenvalue weighted by Gasteiger charge is 2.27. The molecule has 1 atom stereocenters. The van der Waals surface area contributed by atoms with Crippen molar-refractivity contribution in [1.29, 1.82) is 0 Å². The first-order chi connectivity index (χ1) is 12.5.